The van der Waals surface area contributed by atoms with E-state index in [1.54, 1.807) is 0 Å². The van der Waals surface area contributed by atoms with Crippen LogP contribution >= 0.6 is 0 Å². The zero-order chi connectivity index (χ0) is 36.6. The zero-order valence-corrected chi connectivity index (χ0v) is 38.1. The Bertz CT molecular complexity index is 977. The van der Waals surface area contributed by atoms with E-state index in [2.05, 4.69) is 102 Å². The number of ether oxygens (including phenoxy) is 2. The summed E-state index contributed by atoms with van der Waals surface area (Å²) in [5.41, 5.74) is 0. The van der Waals surface area contributed by atoms with Crippen LogP contribution in [0.5, 0.6) is 0 Å². The molecule has 276 valence electrons. The molecule has 0 aromatic rings. The third-order valence-corrected chi connectivity index (χ3v) is 28.5. The summed E-state index contributed by atoms with van der Waals surface area (Å²) in [5.74, 6) is -0.210. The molecular weight excluding hydrogens is 699 g/mol. The molecule has 0 aromatic heterocycles. The monoisotopic (exact) mass is 767 g/mol. The third-order valence-electron chi connectivity index (χ3n) is 7.37. The molecule has 16 heteroatoms. The Balaban J connectivity index is 4.77. The molecule has 10 nitrogen and oxygen atoms in total. The van der Waals surface area contributed by atoms with Gasteiger partial charge in [0.2, 0.25) is 0 Å². The van der Waals surface area contributed by atoms with Gasteiger partial charge < -0.3 is 36.0 Å². The average Bonchev–Trinajstić information content (AvgIpc) is 2.84. The van der Waals surface area contributed by atoms with Gasteiger partial charge in [0.25, 0.3) is 0 Å². The van der Waals surface area contributed by atoms with Crippen LogP contribution in [0.3, 0.4) is 0 Å². The minimum Gasteiger partial charge on any atom is -0.456 e. The number of rotatable bonds is 26. The highest BCUT2D eigenvalue weighted by atomic mass is 28.4. The number of hydrogen-bond donors (Lipinski definition) is 1. The molecular formula is C31H69NO9Si6. The highest BCUT2D eigenvalue weighted by Crippen LogP contribution is 2.30. The van der Waals surface area contributed by atoms with E-state index >= 15 is 0 Å². The molecule has 1 N–H and O–H groups in total. The van der Waals surface area contributed by atoms with Crippen molar-refractivity contribution in [2.24, 2.45) is 0 Å². The van der Waals surface area contributed by atoms with Gasteiger partial charge in [-0.3, -0.25) is 4.79 Å². The van der Waals surface area contributed by atoms with Crippen molar-refractivity contribution in [3.63, 3.8) is 0 Å². The summed E-state index contributed by atoms with van der Waals surface area (Å²) in [5, 5.41) is 2.71. The second-order valence-corrected chi connectivity index (χ2v) is 40.2. The number of nitrogens with one attached hydrogen (secondary N) is 1. The van der Waals surface area contributed by atoms with E-state index in [-0.39, 0.29) is 5.97 Å². The summed E-state index contributed by atoms with van der Waals surface area (Å²) in [6, 6.07) is 4.17. The van der Waals surface area contributed by atoms with E-state index in [0.717, 1.165) is 62.5 Å². The van der Waals surface area contributed by atoms with Crippen molar-refractivity contribution in [1.29, 1.82) is 0 Å². The lowest BCUT2D eigenvalue weighted by Crippen LogP contribution is -2.52. The van der Waals surface area contributed by atoms with E-state index in [1.807, 2.05) is 6.92 Å². The van der Waals surface area contributed by atoms with Crippen molar-refractivity contribution < 1.29 is 40.3 Å². The van der Waals surface area contributed by atoms with Gasteiger partial charge in [-0.2, -0.15) is 0 Å². The Morgan fingerprint density at radius 2 is 1.02 bits per heavy atom. The summed E-state index contributed by atoms with van der Waals surface area (Å²) in [6.45, 7) is 36.0. The molecule has 0 aromatic carbocycles. The standard InChI is InChI=1S/C31H69NO9Si6/c1-16-35-30(33)23-19-18-21-25-42(4,5)39-44(8,9)27-28-45(10,11)41-47(14,15)38-29(3)37-46(12,13)40-43(6,7)26-22-20-24-32-31(34)36-17-2/h16-17,29H,1-2,18-28H2,3-15H3,(H,32,34). The number of alkyl carbamates (subject to hydrolysis) is 1. The van der Waals surface area contributed by atoms with Crippen LogP contribution in [0.1, 0.15) is 45.4 Å². The molecule has 0 bridgehead atoms. The quantitative estimate of drug-likeness (QED) is 0.0303. The first-order valence-corrected chi connectivity index (χ1v) is 35.3. The minimum atomic E-state index is -2.48. The molecule has 0 radical (unpaired) electrons. The summed E-state index contributed by atoms with van der Waals surface area (Å²) >= 11 is 0. The summed E-state index contributed by atoms with van der Waals surface area (Å²) < 4.78 is 42.8. The van der Waals surface area contributed by atoms with Gasteiger partial charge in [0, 0.05) is 13.0 Å². The average molecular weight is 768 g/mol. The topological polar surface area (TPSA) is 111 Å². The predicted molar refractivity (Wildman–Crippen MR) is 208 cm³/mol. The number of carbonyl (C=O) groups is 2. The molecule has 0 fully saturated rings. The van der Waals surface area contributed by atoms with Crippen LogP contribution in [0.2, 0.25) is 103 Å². The molecule has 0 aliphatic carbocycles. The highest BCUT2D eigenvalue weighted by Gasteiger charge is 2.41. The van der Waals surface area contributed by atoms with Crippen LogP contribution in [0, 0.1) is 0 Å². The van der Waals surface area contributed by atoms with Crippen molar-refractivity contribution >= 4 is 62.5 Å². The van der Waals surface area contributed by atoms with Crippen molar-refractivity contribution in [2.45, 2.75) is 154 Å². The smallest absolute Gasteiger partial charge is 0.411 e. The fourth-order valence-electron chi connectivity index (χ4n) is 5.89. The number of hydrogen-bond acceptors (Lipinski definition) is 9. The molecule has 0 rings (SSSR count). The molecule has 47 heavy (non-hydrogen) atoms. The van der Waals surface area contributed by atoms with Crippen LogP contribution in [0.25, 0.3) is 0 Å². The van der Waals surface area contributed by atoms with E-state index in [0.29, 0.717) is 13.0 Å². The maximum absolute atomic E-state index is 11.5. The van der Waals surface area contributed by atoms with Crippen LogP contribution in [-0.2, 0) is 35.5 Å². The number of unbranched alkanes of at least 4 members (excludes halogenated alkanes) is 3. The molecule has 0 spiro atoms. The van der Waals surface area contributed by atoms with Crippen LogP contribution in [0.4, 0.5) is 4.79 Å². The fourth-order valence-corrected chi connectivity index (χ4v) is 33.3. The van der Waals surface area contributed by atoms with Gasteiger partial charge in [0.1, 0.15) is 6.29 Å². The first-order chi connectivity index (χ1) is 21.3. The van der Waals surface area contributed by atoms with E-state index in [9.17, 15) is 9.59 Å². The molecule has 0 saturated carbocycles. The van der Waals surface area contributed by atoms with Crippen molar-refractivity contribution in [2.75, 3.05) is 6.54 Å². The maximum atomic E-state index is 11.5. The Kier molecular flexibility index (Phi) is 20.6. The largest absolute Gasteiger partial charge is 0.456 e. The first-order valence-electron chi connectivity index (χ1n) is 17.2. The molecule has 1 unspecified atom stereocenters. The van der Waals surface area contributed by atoms with Gasteiger partial charge in [0.05, 0.1) is 12.5 Å². The normalized spacial score (nSPS) is 14.0. The van der Waals surface area contributed by atoms with Gasteiger partial charge >= 0.3 is 29.2 Å². The van der Waals surface area contributed by atoms with Gasteiger partial charge in [-0.1, -0.05) is 32.4 Å². The Hall–Kier alpha value is -0.679. The lowest BCUT2D eigenvalue weighted by Gasteiger charge is -2.40. The van der Waals surface area contributed by atoms with Gasteiger partial charge in [-0.25, -0.2) is 4.79 Å². The second-order valence-electron chi connectivity index (χ2n) is 15.6. The first kappa shape index (κ1) is 46.3. The summed E-state index contributed by atoms with van der Waals surface area (Å²) in [7, 11) is -12.6. The van der Waals surface area contributed by atoms with Gasteiger partial charge in [0.15, 0.2) is 33.3 Å². The van der Waals surface area contributed by atoms with Gasteiger partial charge in [-0.05, 0) is 123 Å². The second kappa shape index (κ2) is 20.9. The Morgan fingerprint density at radius 1 is 0.596 bits per heavy atom. The number of amides is 1. The van der Waals surface area contributed by atoms with Crippen LogP contribution in [0.15, 0.2) is 25.7 Å². The number of carbonyl (C=O) groups excluding carboxylic acids is 2. The zero-order valence-electron chi connectivity index (χ0n) is 32.1. The maximum Gasteiger partial charge on any atom is 0.411 e. The van der Waals surface area contributed by atoms with Gasteiger partial charge in [-0.15, -0.1) is 0 Å². The molecule has 0 aliphatic heterocycles. The molecule has 0 saturated heterocycles. The summed E-state index contributed by atoms with van der Waals surface area (Å²) in [4.78, 5) is 22.9. The molecule has 0 aliphatic rings. The van der Waals surface area contributed by atoms with E-state index < -0.39 is 62.8 Å². The third kappa shape index (κ3) is 25.0. The Labute approximate surface area is 293 Å². The van der Waals surface area contributed by atoms with E-state index in [4.69, 9.17) is 25.9 Å². The fraction of sp³-hybridized carbons (Fsp3) is 0.806. The minimum absolute atomic E-state index is 0.210. The van der Waals surface area contributed by atoms with Crippen molar-refractivity contribution in [1.82, 2.24) is 5.32 Å². The Morgan fingerprint density at radius 3 is 1.51 bits per heavy atom. The molecule has 1 amide bonds. The van der Waals surface area contributed by atoms with Crippen molar-refractivity contribution in [3.05, 3.63) is 25.7 Å². The molecule has 1 atom stereocenters. The lowest BCUT2D eigenvalue weighted by molar-refractivity contribution is -0.138. The molecule has 0 heterocycles. The lowest BCUT2D eigenvalue weighted by atomic mass is 10.2. The van der Waals surface area contributed by atoms with Crippen LogP contribution < -0.4 is 5.32 Å². The highest BCUT2D eigenvalue weighted by molar-refractivity contribution is 6.87. The summed E-state index contributed by atoms with van der Waals surface area (Å²) in [6.07, 6.45) is 6.59. The predicted octanol–water partition coefficient (Wildman–Crippen LogP) is 9.54. The SMILES string of the molecule is C=COC(=O)CCCCC[Si](C)(C)O[Si](C)(C)CC[Si](C)(C)O[Si](C)(C)OC(C)O[Si](C)(C)O[Si](C)(C)CCCCNC(=O)OC=C. The number of esters is 1. The van der Waals surface area contributed by atoms with Crippen LogP contribution in [-0.4, -0.2) is 75.3 Å². The van der Waals surface area contributed by atoms with Crippen molar-refractivity contribution in [3.8, 4) is 0 Å². The van der Waals surface area contributed by atoms with E-state index in [1.165, 1.54) is 6.26 Å².